The van der Waals surface area contributed by atoms with Crippen LogP contribution in [0.25, 0.3) is 0 Å². The number of amides is 1. The van der Waals surface area contributed by atoms with Crippen LogP contribution in [0.5, 0.6) is 0 Å². The molecule has 0 aromatic heterocycles. The maximum atomic E-state index is 10.9. The molecule has 0 atom stereocenters. The van der Waals surface area contributed by atoms with Crippen LogP contribution in [0.15, 0.2) is 36.9 Å². The van der Waals surface area contributed by atoms with E-state index in [1.165, 1.54) is 30.3 Å². The van der Waals surface area contributed by atoms with Crippen LogP contribution in [0.1, 0.15) is 0 Å². The molecule has 0 saturated carbocycles. The van der Waals surface area contributed by atoms with Gasteiger partial charge in [0.05, 0.1) is 4.92 Å². The fraction of sp³-hybridized carbons (Fsp3) is 0.100. The Kier molecular flexibility index (Phi) is 3.60. The Bertz CT molecular complexity index is 413. The number of rotatable bonds is 4. The number of nitro groups is 1. The molecule has 6 nitrogen and oxygen atoms in total. The first-order valence-electron chi connectivity index (χ1n) is 4.42. The van der Waals surface area contributed by atoms with Crippen molar-refractivity contribution in [3.05, 3.63) is 47.0 Å². The van der Waals surface area contributed by atoms with Crippen molar-refractivity contribution >= 4 is 17.5 Å². The molecule has 6 heteroatoms. The van der Waals surface area contributed by atoms with E-state index in [2.05, 4.69) is 6.58 Å². The van der Waals surface area contributed by atoms with Gasteiger partial charge in [-0.25, -0.2) is 4.79 Å². The number of hydrogen-bond acceptors (Lipinski definition) is 3. The Morgan fingerprint density at radius 3 is 2.44 bits per heavy atom. The quantitative estimate of drug-likeness (QED) is 0.481. The van der Waals surface area contributed by atoms with Gasteiger partial charge < -0.3 is 5.11 Å². The van der Waals surface area contributed by atoms with E-state index in [4.69, 9.17) is 5.11 Å². The first-order valence-corrected chi connectivity index (χ1v) is 4.42. The lowest BCUT2D eigenvalue weighted by Crippen LogP contribution is -2.29. The summed E-state index contributed by atoms with van der Waals surface area (Å²) >= 11 is 0. The van der Waals surface area contributed by atoms with E-state index in [1.54, 1.807) is 0 Å². The molecule has 1 rings (SSSR count). The lowest BCUT2D eigenvalue weighted by Gasteiger charge is -2.16. The molecule has 0 aliphatic carbocycles. The minimum Gasteiger partial charge on any atom is -0.465 e. The normalized spacial score (nSPS) is 9.50. The SMILES string of the molecule is C=CCN(C(=O)O)c1ccc([N+](=O)[O-])cc1. The third kappa shape index (κ3) is 2.57. The molecule has 16 heavy (non-hydrogen) atoms. The van der Waals surface area contributed by atoms with Crippen LogP contribution in [0, 0.1) is 10.1 Å². The van der Waals surface area contributed by atoms with Crippen molar-refractivity contribution in [2.75, 3.05) is 11.4 Å². The second-order valence-electron chi connectivity index (χ2n) is 2.96. The van der Waals surface area contributed by atoms with Crippen molar-refractivity contribution in [3.63, 3.8) is 0 Å². The summed E-state index contributed by atoms with van der Waals surface area (Å²) in [5.41, 5.74) is 0.297. The summed E-state index contributed by atoms with van der Waals surface area (Å²) in [6.07, 6.45) is 0.309. The number of anilines is 1. The van der Waals surface area contributed by atoms with E-state index >= 15 is 0 Å². The number of nitrogens with zero attached hydrogens (tertiary/aromatic N) is 2. The average Bonchev–Trinajstić information content (AvgIpc) is 2.25. The van der Waals surface area contributed by atoms with Crippen molar-refractivity contribution < 1.29 is 14.8 Å². The highest BCUT2D eigenvalue weighted by Gasteiger charge is 2.13. The summed E-state index contributed by atoms with van der Waals surface area (Å²) in [4.78, 5) is 21.8. The summed E-state index contributed by atoms with van der Waals surface area (Å²) in [6.45, 7) is 3.57. The van der Waals surface area contributed by atoms with Crippen molar-refractivity contribution in [3.8, 4) is 0 Å². The van der Waals surface area contributed by atoms with Crippen LogP contribution >= 0.6 is 0 Å². The van der Waals surface area contributed by atoms with Crippen LogP contribution in [-0.2, 0) is 0 Å². The van der Waals surface area contributed by atoms with Gasteiger partial charge in [-0.2, -0.15) is 0 Å². The highest BCUT2D eigenvalue weighted by atomic mass is 16.6. The van der Waals surface area contributed by atoms with Gasteiger partial charge in [-0.15, -0.1) is 6.58 Å². The molecule has 0 heterocycles. The Balaban J connectivity index is 2.98. The van der Waals surface area contributed by atoms with Crippen LogP contribution in [0.3, 0.4) is 0 Å². The summed E-state index contributed by atoms with van der Waals surface area (Å²) in [7, 11) is 0. The standard InChI is InChI=1S/C10H10N2O4/c1-2-7-11(10(13)14)8-3-5-9(6-4-8)12(15)16/h2-6H,1,7H2,(H,13,14). The first-order chi connectivity index (χ1) is 7.56. The summed E-state index contributed by atoms with van der Waals surface area (Å²) in [5, 5.41) is 19.3. The van der Waals surface area contributed by atoms with E-state index < -0.39 is 11.0 Å². The number of carbonyl (C=O) groups is 1. The van der Waals surface area contributed by atoms with Gasteiger partial charge in [0.25, 0.3) is 5.69 Å². The molecule has 0 unspecified atom stereocenters. The van der Waals surface area contributed by atoms with Crippen molar-refractivity contribution in [1.29, 1.82) is 0 Å². The topological polar surface area (TPSA) is 83.7 Å². The largest absolute Gasteiger partial charge is 0.465 e. The number of carboxylic acid groups (broad SMARTS) is 1. The van der Waals surface area contributed by atoms with Gasteiger partial charge >= 0.3 is 6.09 Å². The molecule has 1 aromatic rings. The van der Waals surface area contributed by atoms with E-state index in [9.17, 15) is 14.9 Å². The summed E-state index contributed by atoms with van der Waals surface area (Å²) in [6, 6.07) is 5.29. The molecule has 0 aliphatic rings. The van der Waals surface area contributed by atoms with Gasteiger partial charge in [-0.05, 0) is 12.1 Å². The highest BCUT2D eigenvalue weighted by molar-refractivity contribution is 5.86. The summed E-state index contributed by atoms with van der Waals surface area (Å²) < 4.78 is 0. The zero-order chi connectivity index (χ0) is 12.1. The number of hydrogen-bond donors (Lipinski definition) is 1. The zero-order valence-electron chi connectivity index (χ0n) is 8.37. The zero-order valence-corrected chi connectivity index (χ0v) is 8.37. The lowest BCUT2D eigenvalue weighted by molar-refractivity contribution is -0.384. The van der Waals surface area contributed by atoms with Crippen LogP contribution in [-0.4, -0.2) is 22.7 Å². The van der Waals surface area contributed by atoms with Gasteiger partial charge in [0, 0.05) is 24.4 Å². The highest BCUT2D eigenvalue weighted by Crippen LogP contribution is 2.19. The molecule has 84 valence electrons. The van der Waals surface area contributed by atoms with Gasteiger partial charge in [-0.3, -0.25) is 15.0 Å². The van der Waals surface area contributed by atoms with Gasteiger partial charge in [-0.1, -0.05) is 6.08 Å². The molecule has 0 saturated heterocycles. The Morgan fingerprint density at radius 1 is 1.50 bits per heavy atom. The minimum absolute atomic E-state index is 0.0762. The number of non-ortho nitro benzene ring substituents is 1. The molecule has 0 spiro atoms. The van der Waals surface area contributed by atoms with E-state index in [1.807, 2.05) is 0 Å². The molecule has 1 N–H and O–H groups in total. The van der Waals surface area contributed by atoms with Gasteiger partial charge in [0.2, 0.25) is 0 Å². The Hall–Kier alpha value is -2.37. The molecular weight excluding hydrogens is 212 g/mol. The van der Waals surface area contributed by atoms with Crippen LogP contribution in [0.4, 0.5) is 16.2 Å². The van der Waals surface area contributed by atoms with Crippen molar-refractivity contribution in [1.82, 2.24) is 0 Å². The lowest BCUT2D eigenvalue weighted by atomic mass is 10.2. The number of nitro benzene ring substituents is 1. The summed E-state index contributed by atoms with van der Waals surface area (Å²) in [5.74, 6) is 0. The smallest absolute Gasteiger partial charge is 0.412 e. The molecule has 1 aromatic carbocycles. The second-order valence-corrected chi connectivity index (χ2v) is 2.96. The van der Waals surface area contributed by atoms with Gasteiger partial charge in [0.1, 0.15) is 0 Å². The Morgan fingerprint density at radius 2 is 2.06 bits per heavy atom. The van der Waals surface area contributed by atoms with Crippen LogP contribution in [0.2, 0.25) is 0 Å². The molecule has 1 amide bonds. The van der Waals surface area contributed by atoms with Crippen molar-refractivity contribution in [2.24, 2.45) is 0 Å². The molecule has 0 bridgehead atoms. The fourth-order valence-corrected chi connectivity index (χ4v) is 1.18. The van der Waals surface area contributed by atoms with Gasteiger partial charge in [0.15, 0.2) is 0 Å². The van der Waals surface area contributed by atoms with E-state index in [0.29, 0.717) is 5.69 Å². The monoisotopic (exact) mass is 222 g/mol. The number of benzene rings is 1. The minimum atomic E-state index is -1.13. The third-order valence-electron chi connectivity index (χ3n) is 1.91. The molecule has 0 radical (unpaired) electrons. The third-order valence-corrected chi connectivity index (χ3v) is 1.91. The predicted molar refractivity (Wildman–Crippen MR) is 58.7 cm³/mol. The fourth-order valence-electron chi connectivity index (χ4n) is 1.18. The first kappa shape index (κ1) is 11.7. The molecule has 0 aliphatic heterocycles. The van der Waals surface area contributed by atoms with E-state index in [-0.39, 0.29) is 12.2 Å². The Labute approximate surface area is 91.6 Å². The average molecular weight is 222 g/mol. The maximum Gasteiger partial charge on any atom is 0.412 e. The van der Waals surface area contributed by atoms with E-state index in [0.717, 1.165) is 4.90 Å². The predicted octanol–water partition coefficient (Wildman–Crippen LogP) is 2.27. The molecular formula is C10H10N2O4. The molecule has 0 fully saturated rings. The maximum absolute atomic E-state index is 10.9. The second kappa shape index (κ2) is 4.92. The van der Waals surface area contributed by atoms with Crippen LogP contribution < -0.4 is 4.90 Å². The van der Waals surface area contributed by atoms with Crippen molar-refractivity contribution in [2.45, 2.75) is 0 Å².